The molecule has 66 valence electrons. The molecule has 0 amide bonds. The van der Waals surface area contributed by atoms with Gasteiger partial charge in [0.15, 0.2) is 0 Å². The second-order valence-electron chi connectivity index (χ2n) is 2.62. The SMILES string of the molecule is COc1cccc2c(=O)[nH]ncc12. The van der Waals surface area contributed by atoms with Crippen LogP contribution in [0.5, 0.6) is 5.75 Å². The van der Waals surface area contributed by atoms with E-state index in [0.29, 0.717) is 11.1 Å². The molecule has 4 nitrogen and oxygen atoms in total. The first-order chi connectivity index (χ1) is 6.33. The molecule has 0 radical (unpaired) electrons. The summed E-state index contributed by atoms with van der Waals surface area (Å²) >= 11 is 0. The Hall–Kier alpha value is -1.84. The van der Waals surface area contributed by atoms with Gasteiger partial charge in [-0.2, -0.15) is 5.10 Å². The van der Waals surface area contributed by atoms with Crippen molar-refractivity contribution in [2.45, 2.75) is 0 Å². The molecule has 1 N–H and O–H groups in total. The van der Waals surface area contributed by atoms with Crippen molar-refractivity contribution >= 4 is 10.8 Å². The Labute approximate surface area is 74.2 Å². The van der Waals surface area contributed by atoms with Crippen molar-refractivity contribution in [2.24, 2.45) is 0 Å². The molecule has 0 atom stereocenters. The second kappa shape index (κ2) is 2.90. The van der Waals surface area contributed by atoms with Crippen LogP contribution in [0, 0.1) is 0 Å². The number of rotatable bonds is 1. The standard InChI is InChI=1S/C9H8N2O2/c1-13-8-4-2-3-6-7(8)5-10-11-9(6)12/h2-5H,1H3,(H,11,12). The summed E-state index contributed by atoms with van der Waals surface area (Å²) in [6.45, 7) is 0. The van der Waals surface area contributed by atoms with Crippen LogP contribution in [0.1, 0.15) is 0 Å². The molecule has 2 aromatic rings. The molecule has 0 aliphatic carbocycles. The summed E-state index contributed by atoms with van der Waals surface area (Å²) in [4.78, 5) is 11.3. The lowest BCUT2D eigenvalue weighted by atomic mass is 10.2. The van der Waals surface area contributed by atoms with Crippen LogP contribution in [0.4, 0.5) is 0 Å². The molecule has 1 aromatic heterocycles. The van der Waals surface area contributed by atoms with Crippen LogP contribution in [-0.2, 0) is 0 Å². The average Bonchev–Trinajstić information content (AvgIpc) is 2.18. The highest BCUT2D eigenvalue weighted by Crippen LogP contribution is 2.20. The number of benzene rings is 1. The molecule has 13 heavy (non-hydrogen) atoms. The number of hydrogen-bond acceptors (Lipinski definition) is 3. The third-order valence-corrected chi connectivity index (χ3v) is 1.89. The maximum atomic E-state index is 11.3. The van der Waals surface area contributed by atoms with E-state index in [-0.39, 0.29) is 5.56 Å². The number of hydrogen-bond donors (Lipinski definition) is 1. The topological polar surface area (TPSA) is 55.0 Å². The smallest absolute Gasteiger partial charge is 0.272 e. The van der Waals surface area contributed by atoms with Gasteiger partial charge in [-0.3, -0.25) is 4.79 Å². The lowest BCUT2D eigenvalue weighted by molar-refractivity contribution is 0.419. The third kappa shape index (κ3) is 1.16. The van der Waals surface area contributed by atoms with Crippen LogP contribution >= 0.6 is 0 Å². The summed E-state index contributed by atoms with van der Waals surface area (Å²) in [6.07, 6.45) is 1.58. The number of H-pyrrole nitrogens is 1. The van der Waals surface area contributed by atoms with Gasteiger partial charge in [-0.25, -0.2) is 5.10 Å². The Kier molecular flexibility index (Phi) is 1.73. The van der Waals surface area contributed by atoms with E-state index in [0.717, 1.165) is 5.39 Å². The highest BCUT2D eigenvalue weighted by Gasteiger charge is 2.02. The van der Waals surface area contributed by atoms with Crippen molar-refractivity contribution in [2.75, 3.05) is 7.11 Å². The molecule has 4 heteroatoms. The number of methoxy groups -OCH3 is 1. The summed E-state index contributed by atoms with van der Waals surface area (Å²) in [6, 6.07) is 5.30. The lowest BCUT2D eigenvalue weighted by Crippen LogP contribution is -2.07. The molecule has 1 aromatic carbocycles. The maximum Gasteiger partial charge on any atom is 0.272 e. The average molecular weight is 176 g/mol. The summed E-state index contributed by atoms with van der Waals surface area (Å²) in [5, 5.41) is 7.39. The van der Waals surface area contributed by atoms with Gasteiger partial charge in [0.1, 0.15) is 5.75 Å². The molecule has 0 aliphatic heterocycles. The third-order valence-electron chi connectivity index (χ3n) is 1.89. The molecule has 0 unspecified atom stereocenters. The normalized spacial score (nSPS) is 10.2. The van der Waals surface area contributed by atoms with Crippen LogP contribution in [0.15, 0.2) is 29.2 Å². The zero-order valence-corrected chi connectivity index (χ0v) is 7.07. The molecule has 0 aliphatic rings. The second-order valence-corrected chi connectivity index (χ2v) is 2.62. The van der Waals surface area contributed by atoms with Crippen LogP contribution < -0.4 is 10.3 Å². The Morgan fingerprint density at radius 3 is 3.00 bits per heavy atom. The van der Waals surface area contributed by atoms with Crippen molar-refractivity contribution in [3.63, 3.8) is 0 Å². The summed E-state index contributed by atoms with van der Waals surface area (Å²) in [5.74, 6) is 0.663. The van der Waals surface area contributed by atoms with Crippen LogP contribution in [0.3, 0.4) is 0 Å². The van der Waals surface area contributed by atoms with E-state index in [1.807, 2.05) is 0 Å². The predicted octanol–water partition coefficient (Wildman–Crippen LogP) is 0.932. The number of ether oxygens (including phenoxy) is 1. The van der Waals surface area contributed by atoms with Gasteiger partial charge in [-0.1, -0.05) is 6.07 Å². The largest absolute Gasteiger partial charge is 0.496 e. The van der Waals surface area contributed by atoms with Crippen LogP contribution in [0.2, 0.25) is 0 Å². The number of nitrogens with one attached hydrogen (secondary N) is 1. The Morgan fingerprint density at radius 2 is 2.23 bits per heavy atom. The maximum absolute atomic E-state index is 11.3. The quantitative estimate of drug-likeness (QED) is 0.703. The predicted molar refractivity (Wildman–Crippen MR) is 48.9 cm³/mol. The summed E-state index contributed by atoms with van der Waals surface area (Å²) in [5.41, 5.74) is -0.198. The van der Waals surface area contributed by atoms with Crippen molar-refractivity contribution < 1.29 is 4.74 Å². The van der Waals surface area contributed by atoms with Crippen molar-refractivity contribution in [3.05, 3.63) is 34.7 Å². The highest BCUT2D eigenvalue weighted by atomic mass is 16.5. The van der Waals surface area contributed by atoms with Crippen molar-refractivity contribution in [3.8, 4) is 5.75 Å². The van der Waals surface area contributed by atoms with Gasteiger partial charge in [0.05, 0.1) is 18.7 Å². The van der Waals surface area contributed by atoms with E-state index in [1.54, 1.807) is 31.5 Å². The number of nitrogens with zero attached hydrogens (tertiary/aromatic N) is 1. The number of aromatic nitrogens is 2. The monoisotopic (exact) mass is 176 g/mol. The van der Waals surface area contributed by atoms with E-state index in [4.69, 9.17) is 4.74 Å². The molecule has 0 bridgehead atoms. The first-order valence-corrected chi connectivity index (χ1v) is 3.83. The molecule has 0 fully saturated rings. The van der Waals surface area contributed by atoms with Gasteiger partial charge in [0, 0.05) is 5.39 Å². The van der Waals surface area contributed by atoms with Gasteiger partial charge in [-0.05, 0) is 12.1 Å². The van der Waals surface area contributed by atoms with Crippen LogP contribution in [0.25, 0.3) is 10.8 Å². The zero-order valence-electron chi connectivity index (χ0n) is 7.07. The van der Waals surface area contributed by atoms with E-state index in [1.165, 1.54) is 0 Å². The fraction of sp³-hybridized carbons (Fsp3) is 0.111. The van der Waals surface area contributed by atoms with Gasteiger partial charge in [-0.15, -0.1) is 0 Å². The molecule has 0 spiro atoms. The van der Waals surface area contributed by atoms with E-state index >= 15 is 0 Å². The van der Waals surface area contributed by atoms with Crippen molar-refractivity contribution in [1.29, 1.82) is 0 Å². The summed E-state index contributed by atoms with van der Waals surface area (Å²) < 4.78 is 5.09. The first kappa shape index (κ1) is 7.79. The van der Waals surface area contributed by atoms with Gasteiger partial charge in [0.25, 0.3) is 5.56 Å². The van der Waals surface area contributed by atoms with E-state index in [2.05, 4.69) is 10.2 Å². The Balaban J connectivity index is 2.92. The fourth-order valence-electron chi connectivity index (χ4n) is 1.27. The van der Waals surface area contributed by atoms with Gasteiger partial charge < -0.3 is 4.74 Å². The molecule has 1 heterocycles. The molecule has 0 saturated carbocycles. The summed E-state index contributed by atoms with van der Waals surface area (Å²) in [7, 11) is 1.57. The first-order valence-electron chi connectivity index (χ1n) is 3.83. The number of fused-ring (bicyclic) bond motifs is 1. The lowest BCUT2D eigenvalue weighted by Gasteiger charge is -2.02. The zero-order chi connectivity index (χ0) is 9.26. The fourth-order valence-corrected chi connectivity index (χ4v) is 1.27. The van der Waals surface area contributed by atoms with Gasteiger partial charge >= 0.3 is 0 Å². The minimum absolute atomic E-state index is 0.198. The highest BCUT2D eigenvalue weighted by molar-refractivity contribution is 5.86. The van der Waals surface area contributed by atoms with Crippen LogP contribution in [-0.4, -0.2) is 17.3 Å². The minimum Gasteiger partial charge on any atom is -0.496 e. The molecular formula is C9H8N2O2. The molecule has 2 rings (SSSR count). The number of aromatic amines is 1. The van der Waals surface area contributed by atoms with Crippen molar-refractivity contribution in [1.82, 2.24) is 10.2 Å². The van der Waals surface area contributed by atoms with Gasteiger partial charge in [0.2, 0.25) is 0 Å². The van der Waals surface area contributed by atoms with E-state index in [9.17, 15) is 4.79 Å². The minimum atomic E-state index is -0.198. The van der Waals surface area contributed by atoms with E-state index < -0.39 is 0 Å². The Morgan fingerprint density at radius 1 is 1.38 bits per heavy atom. The molecular weight excluding hydrogens is 168 g/mol. The Bertz CT molecular complexity index is 490. The molecule has 0 saturated heterocycles.